The van der Waals surface area contributed by atoms with Gasteiger partial charge in [-0.05, 0) is 30.3 Å². The third-order valence-electron chi connectivity index (χ3n) is 3.65. The normalized spacial score (nSPS) is 11.1. The van der Waals surface area contributed by atoms with Gasteiger partial charge in [0.1, 0.15) is 23.3 Å². The first-order valence-electron chi connectivity index (χ1n) is 7.65. The topological polar surface area (TPSA) is 81.6 Å². The first-order chi connectivity index (χ1) is 13.0. The van der Waals surface area contributed by atoms with Gasteiger partial charge in [0.05, 0.1) is 17.6 Å². The second-order valence-electron chi connectivity index (χ2n) is 5.46. The molecule has 0 aliphatic heterocycles. The zero-order valence-electron chi connectivity index (χ0n) is 13.6. The van der Waals surface area contributed by atoms with E-state index in [1.807, 2.05) is 0 Å². The molecule has 0 saturated heterocycles. The molecule has 0 aliphatic rings. The lowest BCUT2D eigenvalue weighted by molar-refractivity contribution is -0.112. The number of hydrogen-bond donors (Lipinski definition) is 2. The third-order valence-corrected chi connectivity index (χ3v) is 3.90. The third kappa shape index (κ3) is 4.19. The maximum Gasteiger partial charge on any atom is 0.266 e. The van der Waals surface area contributed by atoms with Crippen molar-refractivity contribution >= 4 is 29.3 Å². The Kier molecular flexibility index (Phi) is 5.29. The molecule has 1 aromatic heterocycles. The van der Waals surface area contributed by atoms with E-state index in [1.165, 1.54) is 12.3 Å². The average molecular weight is 385 g/mol. The molecule has 0 bridgehead atoms. The van der Waals surface area contributed by atoms with Crippen LogP contribution in [0, 0.1) is 23.0 Å². The number of nitrogens with zero attached hydrogens (tertiary/aromatic N) is 2. The number of nitriles is 1. The SMILES string of the molecule is N#C/C(=C\c1cn[nH]c1-c1ccc(Cl)cc1)C(=O)Nc1ccc(F)cc1F. The molecule has 1 amide bonds. The van der Waals surface area contributed by atoms with Gasteiger partial charge >= 0.3 is 0 Å². The average Bonchev–Trinajstić information content (AvgIpc) is 3.10. The van der Waals surface area contributed by atoms with Crippen LogP contribution in [0.1, 0.15) is 5.56 Å². The molecule has 5 nitrogen and oxygen atoms in total. The highest BCUT2D eigenvalue weighted by Gasteiger charge is 2.15. The first-order valence-corrected chi connectivity index (χ1v) is 8.03. The summed E-state index contributed by atoms with van der Waals surface area (Å²) < 4.78 is 26.6. The predicted octanol–water partition coefficient (Wildman–Crippen LogP) is 4.55. The van der Waals surface area contributed by atoms with Crippen LogP contribution in [0.15, 0.2) is 54.2 Å². The molecular weight excluding hydrogens is 374 g/mol. The van der Waals surface area contributed by atoms with Gasteiger partial charge in [0.15, 0.2) is 0 Å². The number of anilines is 1. The van der Waals surface area contributed by atoms with Gasteiger partial charge in [-0.1, -0.05) is 23.7 Å². The Morgan fingerprint density at radius 1 is 1.22 bits per heavy atom. The predicted molar refractivity (Wildman–Crippen MR) is 97.6 cm³/mol. The van der Waals surface area contributed by atoms with Crippen LogP contribution in [-0.2, 0) is 4.79 Å². The minimum atomic E-state index is -0.939. The zero-order valence-corrected chi connectivity index (χ0v) is 14.4. The van der Waals surface area contributed by atoms with Gasteiger partial charge in [-0.25, -0.2) is 8.78 Å². The second-order valence-corrected chi connectivity index (χ2v) is 5.89. The Morgan fingerprint density at radius 2 is 1.96 bits per heavy atom. The minimum Gasteiger partial charge on any atom is -0.319 e. The molecule has 8 heteroatoms. The van der Waals surface area contributed by atoms with E-state index in [0.717, 1.165) is 17.7 Å². The van der Waals surface area contributed by atoms with E-state index in [2.05, 4.69) is 15.5 Å². The summed E-state index contributed by atoms with van der Waals surface area (Å²) >= 11 is 5.87. The maximum atomic E-state index is 13.7. The minimum absolute atomic E-state index is 0.229. The van der Waals surface area contributed by atoms with E-state index < -0.39 is 17.5 Å². The highest BCUT2D eigenvalue weighted by atomic mass is 35.5. The molecule has 134 valence electrons. The van der Waals surface area contributed by atoms with Crippen LogP contribution >= 0.6 is 11.6 Å². The summed E-state index contributed by atoms with van der Waals surface area (Å²) in [4.78, 5) is 12.3. The highest BCUT2D eigenvalue weighted by Crippen LogP contribution is 2.25. The maximum absolute atomic E-state index is 13.7. The molecule has 27 heavy (non-hydrogen) atoms. The number of nitrogens with one attached hydrogen (secondary N) is 2. The summed E-state index contributed by atoms with van der Waals surface area (Å²) in [5.41, 5.74) is 1.33. The summed E-state index contributed by atoms with van der Waals surface area (Å²) in [6.07, 6.45) is 2.78. The zero-order chi connectivity index (χ0) is 19.4. The van der Waals surface area contributed by atoms with Gasteiger partial charge in [0, 0.05) is 22.2 Å². The second kappa shape index (κ2) is 7.81. The fourth-order valence-electron chi connectivity index (χ4n) is 2.34. The number of aromatic nitrogens is 2. The van der Waals surface area contributed by atoms with Crippen molar-refractivity contribution in [3.05, 3.63) is 76.5 Å². The largest absolute Gasteiger partial charge is 0.319 e. The number of halogens is 3. The van der Waals surface area contributed by atoms with Gasteiger partial charge < -0.3 is 5.32 Å². The first kappa shape index (κ1) is 18.3. The molecule has 0 radical (unpaired) electrons. The standard InChI is InChI=1S/C19H11ClF2N4O/c20-14-3-1-11(2-4-14)18-13(10-24-26-18)7-12(9-23)19(27)25-17-6-5-15(21)8-16(17)22/h1-8,10H,(H,24,26)(H,25,27)/b12-7+. The van der Waals surface area contributed by atoms with Crippen LogP contribution in [0.4, 0.5) is 14.5 Å². The van der Waals surface area contributed by atoms with E-state index in [0.29, 0.717) is 22.3 Å². The van der Waals surface area contributed by atoms with Crippen molar-refractivity contribution in [1.29, 1.82) is 5.26 Å². The molecule has 0 unspecified atom stereocenters. The lowest BCUT2D eigenvalue weighted by Gasteiger charge is -2.06. The van der Waals surface area contributed by atoms with E-state index in [-0.39, 0.29) is 11.3 Å². The molecule has 1 heterocycles. The Labute approximate surface area is 157 Å². The van der Waals surface area contributed by atoms with Gasteiger partial charge in [-0.15, -0.1) is 0 Å². The number of carbonyl (C=O) groups is 1. The molecule has 0 fully saturated rings. The molecule has 0 saturated carbocycles. The van der Waals surface area contributed by atoms with Crippen LogP contribution in [0.25, 0.3) is 17.3 Å². The summed E-state index contributed by atoms with van der Waals surface area (Å²) in [7, 11) is 0. The number of carbonyl (C=O) groups excluding carboxylic acids is 1. The van der Waals surface area contributed by atoms with Gasteiger partial charge in [0.2, 0.25) is 0 Å². The number of amides is 1. The van der Waals surface area contributed by atoms with E-state index >= 15 is 0 Å². The van der Waals surface area contributed by atoms with Crippen LogP contribution in [0.3, 0.4) is 0 Å². The molecule has 2 N–H and O–H groups in total. The Hall–Kier alpha value is -3.50. The van der Waals surface area contributed by atoms with Gasteiger partial charge in [-0.3, -0.25) is 9.89 Å². The summed E-state index contributed by atoms with van der Waals surface area (Å²) in [5, 5.41) is 18.8. The molecule has 0 atom stereocenters. The molecule has 3 aromatic rings. The van der Waals surface area contributed by atoms with E-state index in [4.69, 9.17) is 11.6 Å². The number of H-pyrrole nitrogens is 1. The highest BCUT2D eigenvalue weighted by molar-refractivity contribution is 6.30. The quantitative estimate of drug-likeness (QED) is 0.511. The number of rotatable bonds is 4. The summed E-state index contributed by atoms with van der Waals surface area (Å²) in [6.45, 7) is 0. The number of benzene rings is 2. The molecule has 0 spiro atoms. The number of aromatic amines is 1. The Morgan fingerprint density at radius 3 is 2.63 bits per heavy atom. The Balaban J connectivity index is 1.89. The molecule has 2 aromatic carbocycles. The van der Waals surface area contributed by atoms with Gasteiger partial charge in [-0.2, -0.15) is 10.4 Å². The van der Waals surface area contributed by atoms with Crippen LogP contribution in [-0.4, -0.2) is 16.1 Å². The van der Waals surface area contributed by atoms with Gasteiger partial charge in [0.25, 0.3) is 5.91 Å². The fourth-order valence-corrected chi connectivity index (χ4v) is 2.46. The van der Waals surface area contributed by atoms with Crippen LogP contribution in [0.2, 0.25) is 5.02 Å². The summed E-state index contributed by atoms with van der Waals surface area (Å²) in [5.74, 6) is -2.54. The van der Waals surface area contributed by atoms with Crippen LogP contribution < -0.4 is 5.32 Å². The van der Waals surface area contributed by atoms with Crippen LogP contribution in [0.5, 0.6) is 0 Å². The van der Waals surface area contributed by atoms with E-state index in [9.17, 15) is 18.8 Å². The van der Waals surface area contributed by atoms with E-state index in [1.54, 1.807) is 30.3 Å². The van der Waals surface area contributed by atoms with Crippen molar-refractivity contribution in [2.24, 2.45) is 0 Å². The monoisotopic (exact) mass is 384 g/mol. The smallest absolute Gasteiger partial charge is 0.266 e. The fraction of sp³-hybridized carbons (Fsp3) is 0. The summed E-state index contributed by atoms with van der Waals surface area (Å²) in [6, 6.07) is 11.4. The molecule has 0 aliphatic carbocycles. The van der Waals surface area contributed by atoms with Crippen molar-refractivity contribution < 1.29 is 13.6 Å². The molecular formula is C19H11ClF2N4O. The number of hydrogen-bond acceptors (Lipinski definition) is 3. The van der Waals surface area contributed by atoms with Crippen molar-refractivity contribution in [1.82, 2.24) is 10.2 Å². The lowest BCUT2D eigenvalue weighted by atomic mass is 10.1. The van der Waals surface area contributed by atoms with Crippen molar-refractivity contribution in [2.45, 2.75) is 0 Å². The van der Waals surface area contributed by atoms with Crippen molar-refractivity contribution in [3.63, 3.8) is 0 Å². The molecule has 3 rings (SSSR count). The van der Waals surface area contributed by atoms with Crippen molar-refractivity contribution in [3.8, 4) is 17.3 Å². The van der Waals surface area contributed by atoms with Crippen molar-refractivity contribution in [2.75, 3.05) is 5.32 Å². The Bertz CT molecular complexity index is 1070. The lowest BCUT2D eigenvalue weighted by Crippen LogP contribution is -2.14.